The summed E-state index contributed by atoms with van der Waals surface area (Å²) in [5.74, 6) is 0.929. The molecule has 0 unspecified atom stereocenters. The number of anilines is 1. The molecule has 0 bridgehead atoms. The number of nitrogens with one attached hydrogen (secondary N) is 1. The highest BCUT2D eigenvalue weighted by Crippen LogP contribution is 2.29. The van der Waals surface area contributed by atoms with E-state index in [1.54, 1.807) is 24.9 Å². The molecule has 24 heavy (non-hydrogen) atoms. The molecule has 0 aliphatic heterocycles. The minimum Gasteiger partial charge on any atom is -0.493 e. The summed E-state index contributed by atoms with van der Waals surface area (Å²) in [7, 11) is 1.58. The van der Waals surface area contributed by atoms with Gasteiger partial charge in [-0.05, 0) is 43.0 Å². The van der Waals surface area contributed by atoms with Crippen molar-refractivity contribution in [3.63, 3.8) is 0 Å². The molecule has 0 aliphatic rings. The van der Waals surface area contributed by atoms with Crippen molar-refractivity contribution in [1.29, 1.82) is 0 Å². The highest BCUT2D eigenvalue weighted by atomic mass is 32.2. The van der Waals surface area contributed by atoms with Gasteiger partial charge in [-0.1, -0.05) is 30.4 Å². The van der Waals surface area contributed by atoms with Crippen molar-refractivity contribution in [2.75, 3.05) is 25.3 Å². The van der Waals surface area contributed by atoms with Crippen LogP contribution in [0.4, 0.5) is 5.69 Å². The molecule has 0 atom stereocenters. The van der Waals surface area contributed by atoms with E-state index < -0.39 is 0 Å². The van der Waals surface area contributed by atoms with Crippen LogP contribution in [0.2, 0.25) is 0 Å². The Morgan fingerprint density at radius 2 is 2.00 bits per heavy atom. The van der Waals surface area contributed by atoms with Crippen LogP contribution in [-0.2, 0) is 4.79 Å². The Labute approximate surface area is 146 Å². The van der Waals surface area contributed by atoms with Gasteiger partial charge >= 0.3 is 0 Å². The van der Waals surface area contributed by atoms with Gasteiger partial charge in [-0.25, -0.2) is 0 Å². The average Bonchev–Trinajstić information content (AvgIpc) is 2.61. The molecule has 0 aliphatic carbocycles. The molecule has 0 aromatic heterocycles. The number of rotatable bonds is 7. The van der Waals surface area contributed by atoms with Crippen LogP contribution in [0.5, 0.6) is 11.5 Å². The van der Waals surface area contributed by atoms with E-state index in [2.05, 4.69) is 5.32 Å². The SMILES string of the molecule is CC=Cc1ccc(OCC(=O)Nc2ccccc2SC)c(OC)c1. The zero-order chi connectivity index (χ0) is 17.4. The Balaban J connectivity index is 2.01. The third kappa shape index (κ3) is 4.80. The molecule has 4 nitrogen and oxygen atoms in total. The summed E-state index contributed by atoms with van der Waals surface area (Å²) >= 11 is 1.58. The second kappa shape index (κ2) is 9.03. The van der Waals surface area contributed by atoms with Crippen molar-refractivity contribution in [2.24, 2.45) is 0 Å². The number of para-hydroxylation sites is 1. The summed E-state index contributed by atoms with van der Waals surface area (Å²) in [5.41, 5.74) is 1.80. The van der Waals surface area contributed by atoms with Gasteiger partial charge in [0.2, 0.25) is 0 Å². The monoisotopic (exact) mass is 343 g/mol. The third-order valence-electron chi connectivity index (χ3n) is 3.29. The van der Waals surface area contributed by atoms with Gasteiger partial charge in [0, 0.05) is 4.90 Å². The number of carbonyl (C=O) groups excluding carboxylic acids is 1. The highest BCUT2D eigenvalue weighted by Gasteiger charge is 2.10. The van der Waals surface area contributed by atoms with E-state index in [4.69, 9.17) is 9.47 Å². The van der Waals surface area contributed by atoms with Gasteiger partial charge < -0.3 is 14.8 Å². The molecule has 2 aromatic carbocycles. The van der Waals surface area contributed by atoms with Crippen LogP contribution >= 0.6 is 11.8 Å². The number of carbonyl (C=O) groups is 1. The van der Waals surface area contributed by atoms with Crippen LogP contribution < -0.4 is 14.8 Å². The Morgan fingerprint density at radius 1 is 1.21 bits per heavy atom. The molecule has 1 N–H and O–H groups in total. The van der Waals surface area contributed by atoms with E-state index in [-0.39, 0.29) is 12.5 Å². The maximum Gasteiger partial charge on any atom is 0.262 e. The topological polar surface area (TPSA) is 47.6 Å². The quantitative estimate of drug-likeness (QED) is 0.754. The summed E-state index contributed by atoms with van der Waals surface area (Å²) in [6, 6.07) is 13.3. The van der Waals surface area contributed by atoms with Crippen LogP contribution in [0.25, 0.3) is 6.08 Å². The van der Waals surface area contributed by atoms with Gasteiger partial charge in [0.05, 0.1) is 12.8 Å². The van der Waals surface area contributed by atoms with Crippen molar-refractivity contribution < 1.29 is 14.3 Å². The molecule has 0 fully saturated rings. The Hall–Kier alpha value is -2.40. The van der Waals surface area contributed by atoms with Crippen LogP contribution in [0.3, 0.4) is 0 Å². The zero-order valence-corrected chi connectivity index (χ0v) is 14.9. The molecule has 0 saturated heterocycles. The third-order valence-corrected chi connectivity index (χ3v) is 4.08. The van der Waals surface area contributed by atoms with Crippen molar-refractivity contribution in [1.82, 2.24) is 0 Å². The molecule has 0 spiro atoms. The molecule has 0 saturated carbocycles. The van der Waals surface area contributed by atoms with Gasteiger partial charge in [0.15, 0.2) is 18.1 Å². The van der Waals surface area contributed by atoms with E-state index in [1.165, 1.54) is 0 Å². The fraction of sp³-hybridized carbons (Fsp3) is 0.211. The highest BCUT2D eigenvalue weighted by molar-refractivity contribution is 7.98. The number of allylic oxidation sites excluding steroid dienone is 1. The first-order valence-electron chi connectivity index (χ1n) is 7.54. The summed E-state index contributed by atoms with van der Waals surface area (Å²) in [5, 5.41) is 2.86. The van der Waals surface area contributed by atoms with Gasteiger partial charge in [-0.2, -0.15) is 0 Å². The predicted molar refractivity (Wildman–Crippen MR) is 100 cm³/mol. The molecule has 2 rings (SSSR count). The number of amides is 1. The van der Waals surface area contributed by atoms with Crippen LogP contribution in [0, 0.1) is 0 Å². The lowest BCUT2D eigenvalue weighted by molar-refractivity contribution is -0.118. The minimum absolute atomic E-state index is 0.0813. The van der Waals surface area contributed by atoms with Crippen LogP contribution in [0.15, 0.2) is 53.4 Å². The first kappa shape index (κ1) is 17.9. The van der Waals surface area contributed by atoms with Crippen LogP contribution in [-0.4, -0.2) is 25.9 Å². The fourth-order valence-corrected chi connectivity index (χ4v) is 2.73. The number of methoxy groups -OCH3 is 1. The normalized spacial score (nSPS) is 10.6. The summed E-state index contributed by atoms with van der Waals surface area (Å²) in [6.45, 7) is 1.87. The van der Waals surface area contributed by atoms with Gasteiger partial charge in [0.1, 0.15) is 0 Å². The molecule has 0 heterocycles. The van der Waals surface area contributed by atoms with E-state index in [0.717, 1.165) is 16.1 Å². The number of thioether (sulfide) groups is 1. The molecular weight excluding hydrogens is 322 g/mol. The summed E-state index contributed by atoms with van der Waals surface area (Å²) in [4.78, 5) is 13.1. The maximum atomic E-state index is 12.1. The van der Waals surface area contributed by atoms with E-state index in [9.17, 15) is 4.79 Å². The maximum absolute atomic E-state index is 12.1. The largest absolute Gasteiger partial charge is 0.493 e. The first-order valence-corrected chi connectivity index (χ1v) is 8.76. The Bertz CT molecular complexity index is 728. The number of hydrogen-bond donors (Lipinski definition) is 1. The lowest BCUT2D eigenvalue weighted by atomic mass is 10.2. The molecule has 1 amide bonds. The van der Waals surface area contributed by atoms with Gasteiger partial charge in [0.25, 0.3) is 5.91 Å². The molecule has 5 heteroatoms. The summed E-state index contributed by atoms with van der Waals surface area (Å²) in [6.07, 6.45) is 5.89. The lowest BCUT2D eigenvalue weighted by Gasteiger charge is -2.12. The van der Waals surface area contributed by atoms with E-state index in [1.807, 2.05) is 61.7 Å². The smallest absolute Gasteiger partial charge is 0.262 e. The predicted octanol–water partition coefficient (Wildman–Crippen LogP) is 4.47. The van der Waals surface area contributed by atoms with Gasteiger partial charge in [-0.15, -0.1) is 11.8 Å². The van der Waals surface area contributed by atoms with Crippen molar-refractivity contribution >= 4 is 29.4 Å². The van der Waals surface area contributed by atoms with Gasteiger partial charge in [-0.3, -0.25) is 4.79 Å². The second-order valence-corrected chi connectivity index (χ2v) is 5.80. The lowest BCUT2D eigenvalue weighted by Crippen LogP contribution is -2.20. The Kier molecular flexibility index (Phi) is 6.75. The Morgan fingerprint density at radius 3 is 2.71 bits per heavy atom. The van der Waals surface area contributed by atoms with E-state index >= 15 is 0 Å². The second-order valence-electron chi connectivity index (χ2n) is 4.95. The van der Waals surface area contributed by atoms with Crippen LogP contribution in [0.1, 0.15) is 12.5 Å². The van der Waals surface area contributed by atoms with E-state index in [0.29, 0.717) is 11.5 Å². The minimum atomic E-state index is -0.212. The molecule has 2 aromatic rings. The fourth-order valence-electron chi connectivity index (χ4n) is 2.18. The molecular formula is C19H21NO3S. The molecule has 0 radical (unpaired) electrons. The average molecular weight is 343 g/mol. The first-order chi connectivity index (χ1) is 11.7. The summed E-state index contributed by atoms with van der Waals surface area (Å²) < 4.78 is 10.9. The van der Waals surface area contributed by atoms with Crippen molar-refractivity contribution in [3.05, 3.63) is 54.1 Å². The van der Waals surface area contributed by atoms with Crippen molar-refractivity contribution in [2.45, 2.75) is 11.8 Å². The number of hydrogen-bond acceptors (Lipinski definition) is 4. The number of benzene rings is 2. The van der Waals surface area contributed by atoms with Crippen molar-refractivity contribution in [3.8, 4) is 11.5 Å². The standard InChI is InChI=1S/C19H21NO3S/c1-4-7-14-10-11-16(17(12-14)22-2)23-13-19(21)20-15-8-5-6-9-18(15)24-3/h4-12H,13H2,1-3H3,(H,20,21). The molecule has 126 valence electrons. The number of ether oxygens (including phenoxy) is 2. The zero-order valence-electron chi connectivity index (χ0n) is 14.0.